The summed E-state index contributed by atoms with van der Waals surface area (Å²) in [6.07, 6.45) is 10.7. The van der Waals surface area contributed by atoms with Gasteiger partial charge in [-0.05, 0) is 68.3 Å². The standard InChI is InChI=1S/C20H32O/c1-14(2)17-11-12-20(5)13-19(21)16(4)8-6-7-15(3)9-10-18(17)20/h7,10,14,17,19,21H,4,6,8-9,11-13H2,1-3,5H3/b15-7+,18-10+/t17-,19-,20-/m0/s1. The van der Waals surface area contributed by atoms with Crippen molar-refractivity contribution in [2.75, 3.05) is 0 Å². The lowest BCUT2D eigenvalue weighted by atomic mass is 9.74. The molecule has 1 fully saturated rings. The maximum absolute atomic E-state index is 10.5. The zero-order chi connectivity index (χ0) is 15.6. The van der Waals surface area contributed by atoms with Crippen molar-refractivity contribution in [2.45, 2.75) is 72.3 Å². The normalized spacial score (nSPS) is 40.0. The number of hydrogen-bond acceptors (Lipinski definition) is 1. The summed E-state index contributed by atoms with van der Waals surface area (Å²) in [4.78, 5) is 0. The molecule has 0 aliphatic heterocycles. The van der Waals surface area contributed by atoms with Gasteiger partial charge in [0.1, 0.15) is 0 Å². The van der Waals surface area contributed by atoms with Crippen molar-refractivity contribution in [1.82, 2.24) is 0 Å². The Bertz CT molecular complexity index is 454. The van der Waals surface area contributed by atoms with Crippen LogP contribution < -0.4 is 0 Å². The van der Waals surface area contributed by atoms with Crippen LogP contribution in [0.1, 0.15) is 66.2 Å². The third-order valence-electron chi connectivity index (χ3n) is 5.63. The van der Waals surface area contributed by atoms with Gasteiger partial charge in [-0.25, -0.2) is 0 Å². The van der Waals surface area contributed by atoms with Gasteiger partial charge in [-0.15, -0.1) is 0 Å². The molecule has 1 heteroatoms. The van der Waals surface area contributed by atoms with E-state index in [2.05, 4.69) is 46.4 Å². The average Bonchev–Trinajstić information content (AvgIpc) is 2.71. The van der Waals surface area contributed by atoms with Crippen molar-refractivity contribution in [3.05, 3.63) is 35.5 Å². The fourth-order valence-corrected chi connectivity index (χ4v) is 4.13. The lowest BCUT2D eigenvalue weighted by Crippen LogP contribution is -2.25. The molecule has 0 unspecified atom stereocenters. The molecule has 2 aliphatic rings. The number of aliphatic hydroxyl groups is 1. The number of hydrogen-bond donors (Lipinski definition) is 1. The molecule has 1 N–H and O–H groups in total. The van der Waals surface area contributed by atoms with Crippen molar-refractivity contribution in [1.29, 1.82) is 0 Å². The van der Waals surface area contributed by atoms with E-state index in [4.69, 9.17) is 0 Å². The van der Waals surface area contributed by atoms with Gasteiger partial charge in [-0.1, -0.05) is 50.6 Å². The molecule has 21 heavy (non-hydrogen) atoms. The van der Waals surface area contributed by atoms with E-state index >= 15 is 0 Å². The Morgan fingerprint density at radius 1 is 1.33 bits per heavy atom. The Morgan fingerprint density at radius 3 is 2.71 bits per heavy atom. The lowest BCUT2D eigenvalue weighted by Gasteiger charge is -2.32. The van der Waals surface area contributed by atoms with E-state index < -0.39 is 0 Å². The smallest absolute Gasteiger partial charge is 0.0755 e. The van der Waals surface area contributed by atoms with Crippen LogP contribution in [0.15, 0.2) is 35.5 Å². The zero-order valence-electron chi connectivity index (χ0n) is 14.3. The van der Waals surface area contributed by atoms with Gasteiger partial charge >= 0.3 is 0 Å². The Hall–Kier alpha value is -0.820. The molecule has 0 saturated heterocycles. The van der Waals surface area contributed by atoms with Gasteiger partial charge < -0.3 is 5.11 Å². The van der Waals surface area contributed by atoms with Crippen LogP contribution in [-0.4, -0.2) is 11.2 Å². The summed E-state index contributed by atoms with van der Waals surface area (Å²) in [6, 6.07) is 0. The Morgan fingerprint density at radius 2 is 2.05 bits per heavy atom. The molecule has 1 nitrogen and oxygen atoms in total. The van der Waals surface area contributed by atoms with Gasteiger partial charge in [0.2, 0.25) is 0 Å². The summed E-state index contributed by atoms with van der Waals surface area (Å²) in [7, 11) is 0. The van der Waals surface area contributed by atoms with Crippen LogP contribution in [-0.2, 0) is 0 Å². The van der Waals surface area contributed by atoms with Gasteiger partial charge in [0.05, 0.1) is 6.10 Å². The van der Waals surface area contributed by atoms with E-state index in [9.17, 15) is 5.11 Å². The van der Waals surface area contributed by atoms with E-state index in [0.29, 0.717) is 11.8 Å². The number of rotatable bonds is 1. The first-order valence-electron chi connectivity index (χ1n) is 8.55. The summed E-state index contributed by atoms with van der Waals surface area (Å²) < 4.78 is 0. The fraction of sp³-hybridized carbons (Fsp3) is 0.700. The minimum absolute atomic E-state index is 0.155. The van der Waals surface area contributed by atoms with Crippen molar-refractivity contribution in [2.24, 2.45) is 17.3 Å². The highest BCUT2D eigenvalue weighted by atomic mass is 16.3. The van der Waals surface area contributed by atoms with Crippen LogP contribution >= 0.6 is 0 Å². The molecule has 3 atom stereocenters. The monoisotopic (exact) mass is 288 g/mol. The topological polar surface area (TPSA) is 20.2 Å². The zero-order valence-corrected chi connectivity index (χ0v) is 14.3. The molecule has 0 aromatic heterocycles. The fourth-order valence-electron chi connectivity index (χ4n) is 4.13. The van der Waals surface area contributed by atoms with E-state index in [1.54, 1.807) is 5.57 Å². The van der Waals surface area contributed by atoms with Gasteiger partial charge in [-0.3, -0.25) is 0 Å². The predicted molar refractivity (Wildman–Crippen MR) is 91.1 cm³/mol. The molecule has 2 aliphatic carbocycles. The van der Waals surface area contributed by atoms with Crippen LogP contribution in [0, 0.1) is 17.3 Å². The number of allylic oxidation sites excluding steroid dienone is 4. The van der Waals surface area contributed by atoms with Crippen molar-refractivity contribution >= 4 is 0 Å². The van der Waals surface area contributed by atoms with Gasteiger partial charge in [0, 0.05) is 0 Å². The number of aliphatic hydroxyl groups excluding tert-OH is 1. The molecular formula is C20H32O. The summed E-state index contributed by atoms with van der Waals surface area (Å²) >= 11 is 0. The van der Waals surface area contributed by atoms with Gasteiger partial charge in [0.25, 0.3) is 0 Å². The quantitative estimate of drug-likeness (QED) is 0.638. The summed E-state index contributed by atoms with van der Waals surface area (Å²) in [5.74, 6) is 1.37. The average molecular weight is 288 g/mol. The van der Waals surface area contributed by atoms with Crippen LogP contribution in [0.25, 0.3) is 0 Å². The summed E-state index contributed by atoms with van der Waals surface area (Å²) in [5.41, 5.74) is 4.21. The Labute approximate surface area is 130 Å². The molecule has 1 saturated carbocycles. The minimum Gasteiger partial charge on any atom is -0.389 e. The number of fused-ring (bicyclic) bond motifs is 1. The van der Waals surface area contributed by atoms with E-state index in [-0.39, 0.29) is 11.5 Å². The highest BCUT2D eigenvalue weighted by molar-refractivity contribution is 5.26. The molecule has 0 radical (unpaired) electrons. The van der Waals surface area contributed by atoms with Crippen molar-refractivity contribution in [3.63, 3.8) is 0 Å². The minimum atomic E-state index is -0.351. The molecule has 0 aromatic carbocycles. The van der Waals surface area contributed by atoms with Crippen LogP contribution in [0.4, 0.5) is 0 Å². The van der Waals surface area contributed by atoms with Crippen molar-refractivity contribution in [3.8, 4) is 0 Å². The molecule has 0 amide bonds. The SMILES string of the molecule is C=C1CC/C=C(\C)C/C=C2\[C@H](C(C)C)CC[C@@]2(C)C[C@@H]1O. The second-order valence-corrected chi connectivity index (χ2v) is 7.78. The van der Waals surface area contributed by atoms with Crippen LogP contribution in [0.5, 0.6) is 0 Å². The molecule has 0 aromatic rings. The molecular weight excluding hydrogens is 256 g/mol. The Balaban J connectivity index is 2.35. The maximum Gasteiger partial charge on any atom is 0.0755 e. The molecule has 0 bridgehead atoms. The van der Waals surface area contributed by atoms with E-state index in [0.717, 1.165) is 31.3 Å². The first-order chi connectivity index (χ1) is 9.83. The summed E-state index contributed by atoms with van der Waals surface area (Å²) in [5, 5.41) is 10.5. The van der Waals surface area contributed by atoms with Gasteiger partial charge in [0.15, 0.2) is 0 Å². The Kier molecular flexibility index (Phi) is 5.14. The third kappa shape index (κ3) is 3.69. The van der Waals surface area contributed by atoms with Crippen molar-refractivity contribution < 1.29 is 5.11 Å². The molecule has 118 valence electrons. The molecule has 0 heterocycles. The highest BCUT2D eigenvalue weighted by Crippen LogP contribution is 2.52. The first-order valence-corrected chi connectivity index (χ1v) is 8.55. The predicted octanol–water partition coefficient (Wildman–Crippen LogP) is 5.42. The molecule has 2 rings (SSSR count). The second kappa shape index (κ2) is 6.52. The maximum atomic E-state index is 10.5. The molecule has 0 spiro atoms. The van der Waals surface area contributed by atoms with E-state index in [1.807, 2.05) is 0 Å². The largest absolute Gasteiger partial charge is 0.389 e. The van der Waals surface area contributed by atoms with Gasteiger partial charge in [-0.2, -0.15) is 0 Å². The third-order valence-corrected chi connectivity index (χ3v) is 5.63. The first kappa shape index (κ1) is 16.5. The second-order valence-electron chi connectivity index (χ2n) is 7.78. The lowest BCUT2D eigenvalue weighted by molar-refractivity contribution is 0.149. The van der Waals surface area contributed by atoms with Crippen LogP contribution in [0.3, 0.4) is 0 Å². The van der Waals surface area contributed by atoms with E-state index in [1.165, 1.54) is 18.4 Å². The van der Waals surface area contributed by atoms with Crippen LogP contribution in [0.2, 0.25) is 0 Å². The highest BCUT2D eigenvalue weighted by Gasteiger charge is 2.42. The summed E-state index contributed by atoms with van der Waals surface area (Å²) in [6.45, 7) is 13.4.